The van der Waals surface area contributed by atoms with E-state index in [0.29, 0.717) is 0 Å². The number of carbonyl (C=O) groups is 1. The summed E-state index contributed by atoms with van der Waals surface area (Å²) in [5, 5.41) is 9.90. The monoisotopic (exact) mass is 285 g/mol. The SMILES string of the molecule is CN1CCN(c2cnc3ccc(CC(=O)O)cc3c2)CC1. The van der Waals surface area contributed by atoms with Crippen LogP contribution < -0.4 is 4.90 Å². The lowest BCUT2D eigenvalue weighted by Gasteiger charge is -2.33. The van der Waals surface area contributed by atoms with Gasteiger partial charge in [-0.05, 0) is 30.8 Å². The highest BCUT2D eigenvalue weighted by Crippen LogP contribution is 2.22. The number of likely N-dealkylation sites (N-methyl/N-ethyl adjacent to an activating group) is 1. The number of hydrogen-bond acceptors (Lipinski definition) is 4. The first-order chi connectivity index (χ1) is 10.1. The minimum Gasteiger partial charge on any atom is -0.481 e. The van der Waals surface area contributed by atoms with Crippen LogP contribution in [0.4, 0.5) is 5.69 Å². The number of carboxylic acids is 1. The number of benzene rings is 1. The molecule has 0 saturated carbocycles. The summed E-state index contributed by atoms with van der Waals surface area (Å²) in [6.45, 7) is 4.10. The Balaban J connectivity index is 1.89. The maximum absolute atomic E-state index is 10.8. The molecule has 0 spiro atoms. The Morgan fingerprint density at radius 3 is 2.71 bits per heavy atom. The maximum Gasteiger partial charge on any atom is 0.307 e. The van der Waals surface area contributed by atoms with Crippen molar-refractivity contribution in [2.45, 2.75) is 6.42 Å². The van der Waals surface area contributed by atoms with Crippen LogP contribution in [-0.2, 0) is 11.2 Å². The molecule has 110 valence electrons. The van der Waals surface area contributed by atoms with Gasteiger partial charge in [0.15, 0.2) is 0 Å². The van der Waals surface area contributed by atoms with Gasteiger partial charge in [0, 0.05) is 31.6 Å². The fourth-order valence-corrected chi connectivity index (χ4v) is 2.69. The van der Waals surface area contributed by atoms with Crippen LogP contribution in [-0.4, -0.2) is 54.2 Å². The molecule has 3 rings (SSSR count). The highest BCUT2D eigenvalue weighted by Gasteiger charge is 2.15. The third-order valence-electron chi connectivity index (χ3n) is 3.96. The fourth-order valence-electron chi connectivity index (χ4n) is 2.69. The Morgan fingerprint density at radius 1 is 1.24 bits per heavy atom. The van der Waals surface area contributed by atoms with Gasteiger partial charge in [-0.15, -0.1) is 0 Å². The van der Waals surface area contributed by atoms with Gasteiger partial charge in [-0.25, -0.2) is 0 Å². The van der Waals surface area contributed by atoms with E-state index in [1.807, 2.05) is 24.4 Å². The van der Waals surface area contributed by atoms with E-state index in [2.05, 4.69) is 27.9 Å². The first-order valence-corrected chi connectivity index (χ1v) is 7.16. The van der Waals surface area contributed by atoms with Crippen molar-refractivity contribution in [3.63, 3.8) is 0 Å². The first kappa shape index (κ1) is 13.8. The Morgan fingerprint density at radius 2 is 2.00 bits per heavy atom. The van der Waals surface area contributed by atoms with Crippen LogP contribution >= 0.6 is 0 Å². The largest absolute Gasteiger partial charge is 0.481 e. The molecule has 5 heteroatoms. The van der Waals surface area contributed by atoms with Gasteiger partial charge in [0.2, 0.25) is 0 Å². The van der Waals surface area contributed by atoms with Crippen LogP contribution in [0.15, 0.2) is 30.5 Å². The number of aliphatic carboxylic acids is 1. The van der Waals surface area contributed by atoms with Gasteiger partial charge in [-0.1, -0.05) is 6.07 Å². The average molecular weight is 285 g/mol. The Kier molecular flexibility index (Phi) is 3.75. The molecule has 1 aliphatic rings. The number of pyridine rings is 1. The van der Waals surface area contributed by atoms with Gasteiger partial charge in [-0.2, -0.15) is 0 Å². The summed E-state index contributed by atoms with van der Waals surface area (Å²) in [4.78, 5) is 20.0. The summed E-state index contributed by atoms with van der Waals surface area (Å²) in [6, 6.07) is 7.76. The molecule has 1 saturated heterocycles. The summed E-state index contributed by atoms with van der Waals surface area (Å²) >= 11 is 0. The molecule has 1 aromatic heterocycles. The summed E-state index contributed by atoms with van der Waals surface area (Å²) < 4.78 is 0. The topological polar surface area (TPSA) is 56.7 Å². The molecule has 5 nitrogen and oxygen atoms in total. The molecule has 2 heterocycles. The van der Waals surface area contributed by atoms with Crippen LogP contribution in [0.5, 0.6) is 0 Å². The molecule has 1 N–H and O–H groups in total. The third-order valence-corrected chi connectivity index (χ3v) is 3.96. The van der Waals surface area contributed by atoms with Gasteiger partial charge < -0.3 is 14.9 Å². The molecule has 1 aliphatic heterocycles. The molecular formula is C16H19N3O2. The van der Waals surface area contributed by atoms with Crippen LogP contribution in [0, 0.1) is 0 Å². The van der Waals surface area contributed by atoms with E-state index in [-0.39, 0.29) is 6.42 Å². The van der Waals surface area contributed by atoms with E-state index < -0.39 is 5.97 Å². The van der Waals surface area contributed by atoms with Gasteiger partial charge in [0.1, 0.15) is 0 Å². The molecule has 0 bridgehead atoms. The molecule has 1 aromatic carbocycles. The van der Waals surface area contributed by atoms with Gasteiger partial charge >= 0.3 is 5.97 Å². The minimum absolute atomic E-state index is 0.0503. The second-order valence-electron chi connectivity index (χ2n) is 5.58. The van der Waals surface area contributed by atoms with Crippen molar-refractivity contribution in [3.8, 4) is 0 Å². The van der Waals surface area contributed by atoms with Gasteiger partial charge in [-0.3, -0.25) is 9.78 Å². The summed E-state index contributed by atoms with van der Waals surface area (Å²) in [5.74, 6) is -0.808. The van der Waals surface area contributed by atoms with Crippen LogP contribution in [0.2, 0.25) is 0 Å². The number of nitrogens with zero attached hydrogens (tertiary/aromatic N) is 3. The van der Waals surface area contributed by atoms with Crippen molar-refractivity contribution < 1.29 is 9.90 Å². The van der Waals surface area contributed by atoms with Crippen molar-refractivity contribution in [1.82, 2.24) is 9.88 Å². The standard InChI is InChI=1S/C16H19N3O2/c1-18-4-6-19(7-5-18)14-10-13-8-12(9-16(20)21)2-3-15(13)17-11-14/h2-3,8,10-11H,4-7,9H2,1H3,(H,20,21). The lowest BCUT2D eigenvalue weighted by Crippen LogP contribution is -2.44. The molecule has 0 aliphatic carbocycles. The second-order valence-corrected chi connectivity index (χ2v) is 5.58. The van der Waals surface area contributed by atoms with Crippen LogP contribution in [0.1, 0.15) is 5.56 Å². The molecule has 0 radical (unpaired) electrons. The van der Waals surface area contributed by atoms with Crippen molar-refractivity contribution in [2.75, 3.05) is 38.1 Å². The quantitative estimate of drug-likeness (QED) is 0.928. The Hall–Kier alpha value is -2.14. The molecule has 0 unspecified atom stereocenters. The van der Waals surface area contributed by atoms with E-state index in [0.717, 1.165) is 48.3 Å². The zero-order valence-corrected chi connectivity index (χ0v) is 12.1. The molecule has 0 amide bonds. The maximum atomic E-state index is 10.8. The van der Waals surface area contributed by atoms with Crippen LogP contribution in [0.3, 0.4) is 0 Å². The number of piperazine rings is 1. The normalized spacial score (nSPS) is 16.3. The molecular weight excluding hydrogens is 266 g/mol. The number of anilines is 1. The third kappa shape index (κ3) is 3.13. The smallest absolute Gasteiger partial charge is 0.307 e. The van der Waals surface area contributed by atoms with E-state index in [1.54, 1.807) is 0 Å². The van der Waals surface area contributed by atoms with Gasteiger partial charge in [0.25, 0.3) is 0 Å². The summed E-state index contributed by atoms with van der Waals surface area (Å²) in [7, 11) is 2.13. The van der Waals surface area contributed by atoms with Crippen molar-refractivity contribution in [1.29, 1.82) is 0 Å². The second kappa shape index (κ2) is 5.69. The van der Waals surface area contributed by atoms with E-state index >= 15 is 0 Å². The van der Waals surface area contributed by atoms with Crippen molar-refractivity contribution in [2.24, 2.45) is 0 Å². The number of carboxylic acid groups (broad SMARTS) is 1. The lowest BCUT2D eigenvalue weighted by atomic mass is 10.1. The fraction of sp³-hybridized carbons (Fsp3) is 0.375. The van der Waals surface area contributed by atoms with Crippen molar-refractivity contribution in [3.05, 3.63) is 36.0 Å². The molecule has 0 atom stereocenters. The summed E-state index contributed by atoms with van der Waals surface area (Å²) in [5.41, 5.74) is 2.83. The van der Waals surface area contributed by atoms with E-state index in [1.165, 1.54) is 0 Å². The highest BCUT2D eigenvalue weighted by atomic mass is 16.4. The zero-order valence-electron chi connectivity index (χ0n) is 12.1. The van der Waals surface area contributed by atoms with Gasteiger partial charge in [0.05, 0.1) is 23.8 Å². The predicted octanol–water partition coefficient (Wildman–Crippen LogP) is 1.61. The summed E-state index contributed by atoms with van der Waals surface area (Å²) in [6.07, 6.45) is 1.96. The number of aromatic nitrogens is 1. The predicted molar refractivity (Wildman–Crippen MR) is 82.8 cm³/mol. The number of rotatable bonds is 3. The number of hydrogen-bond donors (Lipinski definition) is 1. The average Bonchev–Trinajstić information content (AvgIpc) is 2.46. The molecule has 21 heavy (non-hydrogen) atoms. The Bertz CT molecular complexity index is 664. The molecule has 1 fully saturated rings. The first-order valence-electron chi connectivity index (χ1n) is 7.16. The zero-order chi connectivity index (χ0) is 14.8. The van der Waals surface area contributed by atoms with E-state index in [4.69, 9.17) is 5.11 Å². The van der Waals surface area contributed by atoms with E-state index in [9.17, 15) is 4.79 Å². The number of fused-ring (bicyclic) bond motifs is 1. The minimum atomic E-state index is -0.808. The lowest BCUT2D eigenvalue weighted by molar-refractivity contribution is -0.136. The van der Waals surface area contributed by atoms with Crippen LogP contribution in [0.25, 0.3) is 10.9 Å². The Labute approximate surface area is 123 Å². The van der Waals surface area contributed by atoms with Crippen molar-refractivity contribution >= 4 is 22.6 Å². The molecule has 2 aromatic rings. The highest BCUT2D eigenvalue weighted by molar-refractivity contribution is 5.83.